The van der Waals surface area contributed by atoms with Crippen LogP contribution < -0.4 is 5.32 Å². The van der Waals surface area contributed by atoms with Gasteiger partial charge in [0, 0.05) is 13.6 Å². The lowest BCUT2D eigenvalue weighted by atomic mass is 10.2. The highest BCUT2D eigenvalue weighted by Gasteiger charge is 2.19. The van der Waals surface area contributed by atoms with Gasteiger partial charge in [0.1, 0.15) is 0 Å². The second kappa shape index (κ2) is 2.90. The molecule has 0 fully saturated rings. The van der Waals surface area contributed by atoms with Crippen LogP contribution in [0.25, 0.3) is 0 Å². The summed E-state index contributed by atoms with van der Waals surface area (Å²) in [4.78, 5) is 0. The van der Waals surface area contributed by atoms with Gasteiger partial charge in [0.05, 0.1) is 11.4 Å². The Morgan fingerprint density at radius 1 is 1.50 bits per heavy atom. The molecule has 0 unspecified atom stereocenters. The number of fused-ring (bicyclic) bond motifs is 1. The largest absolute Gasteiger partial charge is 0.314 e. The number of rotatable bonds is 2. The van der Waals surface area contributed by atoms with E-state index in [0.717, 1.165) is 6.54 Å². The van der Waals surface area contributed by atoms with E-state index in [1.165, 1.54) is 36.2 Å². The number of aromatic nitrogens is 2. The number of nitrogens with one attached hydrogen (secondary N) is 1. The average molecular weight is 165 g/mol. The summed E-state index contributed by atoms with van der Waals surface area (Å²) in [5.74, 6) is 0. The predicted molar refractivity (Wildman–Crippen MR) is 48.0 cm³/mol. The molecular formula is C9H15N3. The van der Waals surface area contributed by atoms with Gasteiger partial charge >= 0.3 is 0 Å². The van der Waals surface area contributed by atoms with Crippen molar-refractivity contribution in [2.24, 2.45) is 7.05 Å². The Morgan fingerprint density at radius 2 is 2.33 bits per heavy atom. The van der Waals surface area contributed by atoms with Gasteiger partial charge < -0.3 is 5.32 Å². The first-order valence-corrected chi connectivity index (χ1v) is 4.51. The molecule has 1 aromatic rings. The second-order valence-electron chi connectivity index (χ2n) is 3.38. The third-order valence-electron chi connectivity index (χ3n) is 2.54. The molecule has 0 saturated heterocycles. The highest BCUT2D eigenvalue weighted by molar-refractivity contribution is 5.30. The molecule has 3 nitrogen and oxygen atoms in total. The Bertz CT molecular complexity index is 288. The third kappa shape index (κ3) is 1.05. The predicted octanol–water partition coefficient (Wildman–Crippen LogP) is 0.628. The van der Waals surface area contributed by atoms with E-state index in [1.807, 2.05) is 18.8 Å². The number of hydrogen-bond donors (Lipinski definition) is 1. The topological polar surface area (TPSA) is 29.9 Å². The lowest BCUT2D eigenvalue weighted by Crippen LogP contribution is -2.11. The summed E-state index contributed by atoms with van der Waals surface area (Å²) in [6, 6.07) is 0. The van der Waals surface area contributed by atoms with Crippen LogP contribution in [0.3, 0.4) is 0 Å². The fourth-order valence-corrected chi connectivity index (χ4v) is 1.97. The highest BCUT2D eigenvalue weighted by Crippen LogP contribution is 2.23. The van der Waals surface area contributed by atoms with Crippen LogP contribution in [0, 0.1) is 0 Å². The molecule has 1 heterocycles. The van der Waals surface area contributed by atoms with E-state index < -0.39 is 0 Å². The molecule has 0 spiro atoms. The zero-order chi connectivity index (χ0) is 8.55. The number of hydrogen-bond acceptors (Lipinski definition) is 2. The van der Waals surface area contributed by atoms with Crippen LogP contribution in [-0.2, 0) is 26.4 Å². The van der Waals surface area contributed by atoms with Crippen LogP contribution in [-0.4, -0.2) is 16.8 Å². The van der Waals surface area contributed by atoms with Gasteiger partial charge in [0.2, 0.25) is 0 Å². The Labute approximate surface area is 72.8 Å². The first kappa shape index (κ1) is 7.80. The van der Waals surface area contributed by atoms with Crippen molar-refractivity contribution in [3.05, 3.63) is 17.0 Å². The molecule has 0 saturated carbocycles. The number of aryl methyl sites for hydroxylation is 2. The first-order valence-electron chi connectivity index (χ1n) is 4.51. The first-order chi connectivity index (χ1) is 5.83. The van der Waals surface area contributed by atoms with Crippen LogP contribution in [0.1, 0.15) is 23.4 Å². The fourth-order valence-electron chi connectivity index (χ4n) is 1.97. The van der Waals surface area contributed by atoms with Gasteiger partial charge in [-0.1, -0.05) is 0 Å². The van der Waals surface area contributed by atoms with E-state index in [-0.39, 0.29) is 0 Å². The molecule has 0 radical (unpaired) electrons. The summed E-state index contributed by atoms with van der Waals surface area (Å²) < 4.78 is 2.01. The maximum absolute atomic E-state index is 4.49. The SMILES string of the molecule is CNCc1c2c(nn1C)CCC2. The van der Waals surface area contributed by atoms with Gasteiger partial charge in [-0.2, -0.15) is 5.10 Å². The van der Waals surface area contributed by atoms with Crippen LogP contribution in [0.5, 0.6) is 0 Å². The van der Waals surface area contributed by atoms with Crippen molar-refractivity contribution < 1.29 is 0 Å². The second-order valence-corrected chi connectivity index (χ2v) is 3.38. The quantitative estimate of drug-likeness (QED) is 0.696. The van der Waals surface area contributed by atoms with Crippen molar-refractivity contribution in [2.45, 2.75) is 25.8 Å². The zero-order valence-electron chi connectivity index (χ0n) is 7.72. The molecule has 1 N–H and O–H groups in total. The van der Waals surface area contributed by atoms with Crippen LogP contribution >= 0.6 is 0 Å². The molecule has 0 aliphatic heterocycles. The molecule has 0 bridgehead atoms. The Hall–Kier alpha value is -0.830. The van der Waals surface area contributed by atoms with E-state index in [0.29, 0.717) is 0 Å². The van der Waals surface area contributed by atoms with Gasteiger partial charge in [-0.05, 0) is 31.9 Å². The molecule has 66 valence electrons. The van der Waals surface area contributed by atoms with Gasteiger partial charge in [-0.25, -0.2) is 0 Å². The average Bonchev–Trinajstić information content (AvgIpc) is 2.56. The van der Waals surface area contributed by atoms with Gasteiger partial charge in [-0.15, -0.1) is 0 Å². The highest BCUT2D eigenvalue weighted by atomic mass is 15.3. The van der Waals surface area contributed by atoms with Crippen LogP contribution in [0.15, 0.2) is 0 Å². The number of nitrogens with zero attached hydrogens (tertiary/aromatic N) is 2. The summed E-state index contributed by atoms with van der Waals surface area (Å²) in [6.45, 7) is 0.943. The van der Waals surface area contributed by atoms with Crippen molar-refractivity contribution in [1.82, 2.24) is 15.1 Å². The van der Waals surface area contributed by atoms with Crippen molar-refractivity contribution >= 4 is 0 Å². The van der Waals surface area contributed by atoms with Crippen molar-refractivity contribution in [3.63, 3.8) is 0 Å². The van der Waals surface area contributed by atoms with Crippen LogP contribution in [0.4, 0.5) is 0 Å². The Balaban J connectivity index is 2.38. The third-order valence-corrected chi connectivity index (χ3v) is 2.54. The summed E-state index contributed by atoms with van der Waals surface area (Å²) in [5.41, 5.74) is 4.18. The molecular weight excluding hydrogens is 150 g/mol. The minimum Gasteiger partial charge on any atom is -0.314 e. The molecule has 0 atom stereocenters. The zero-order valence-corrected chi connectivity index (χ0v) is 7.72. The molecule has 1 aliphatic rings. The van der Waals surface area contributed by atoms with Crippen molar-refractivity contribution in [2.75, 3.05) is 7.05 Å². The molecule has 2 rings (SSSR count). The normalized spacial score (nSPS) is 15.2. The molecule has 0 amide bonds. The molecule has 1 aromatic heterocycles. The summed E-state index contributed by atoms with van der Waals surface area (Å²) >= 11 is 0. The Morgan fingerprint density at radius 3 is 3.08 bits per heavy atom. The van der Waals surface area contributed by atoms with Crippen molar-refractivity contribution in [1.29, 1.82) is 0 Å². The van der Waals surface area contributed by atoms with Crippen molar-refractivity contribution in [3.8, 4) is 0 Å². The van der Waals surface area contributed by atoms with Gasteiger partial charge in [0.15, 0.2) is 0 Å². The van der Waals surface area contributed by atoms with Gasteiger partial charge in [0.25, 0.3) is 0 Å². The Kier molecular flexibility index (Phi) is 1.89. The van der Waals surface area contributed by atoms with E-state index in [4.69, 9.17) is 0 Å². The molecule has 0 aromatic carbocycles. The fraction of sp³-hybridized carbons (Fsp3) is 0.667. The maximum atomic E-state index is 4.49. The summed E-state index contributed by atoms with van der Waals surface area (Å²) in [7, 11) is 4.01. The van der Waals surface area contributed by atoms with E-state index in [9.17, 15) is 0 Å². The maximum Gasteiger partial charge on any atom is 0.0660 e. The van der Waals surface area contributed by atoms with E-state index in [2.05, 4.69) is 10.4 Å². The van der Waals surface area contributed by atoms with Gasteiger partial charge in [-0.3, -0.25) is 4.68 Å². The van der Waals surface area contributed by atoms with E-state index in [1.54, 1.807) is 0 Å². The lowest BCUT2D eigenvalue weighted by Gasteiger charge is -2.02. The monoisotopic (exact) mass is 165 g/mol. The minimum atomic E-state index is 0.943. The van der Waals surface area contributed by atoms with E-state index >= 15 is 0 Å². The molecule has 3 heteroatoms. The molecule has 12 heavy (non-hydrogen) atoms. The standard InChI is InChI=1S/C9H15N3/c1-10-6-9-7-4-3-5-8(7)11-12(9)2/h10H,3-6H2,1-2H3. The minimum absolute atomic E-state index is 0.943. The molecule has 1 aliphatic carbocycles. The summed E-state index contributed by atoms with van der Waals surface area (Å²) in [6.07, 6.45) is 3.68. The van der Waals surface area contributed by atoms with Crippen LogP contribution in [0.2, 0.25) is 0 Å². The summed E-state index contributed by atoms with van der Waals surface area (Å²) in [5, 5.41) is 7.67. The lowest BCUT2D eigenvalue weighted by molar-refractivity contribution is 0.650. The smallest absolute Gasteiger partial charge is 0.0660 e.